The minimum atomic E-state index is -4.31. The molecule has 0 aliphatic heterocycles. The van der Waals surface area contributed by atoms with Crippen molar-refractivity contribution in [2.24, 2.45) is 0 Å². The molecule has 94 valence electrons. The lowest BCUT2D eigenvalue weighted by Gasteiger charge is -2.28. The minimum absolute atomic E-state index is 0.147. The lowest BCUT2D eigenvalue weighted by molar-refractivity contribution is -0.137. The Balaban J connectivity index is 2.26. The number of benzene rings is 1. The molecule has 4 heteroatoms. The highest BCUT2D eigenvalue weighted by Gasteiger charge is 2.32. The first-order valence-corrected chi connectivity index (χ1v) is 5.84. The van der Waals surface area contributed by atoms with Crippen molar-refractivity contribution in [1.29, 1.82) is 0 Å². The molecule has 1 saturated carbocycles. The minimum Gasteiger partial charge on any atom is -0.392 e. The van der Waals surface area contributed by atoms with E-state index in [0.717, 1.165) is 25.3 Å². The number of alkyl halides is 3. The molecule has 0 heterocycles. The van der Waals surface area contributed by atoms with Crippen LogP contribution in [0.25, 0.3) is 0 Å². The van der Waals surface area contributed by atoms with Crippen molar-refractivity contribution in [3.63, 3.8) is 0 Å². The maximum atomic E-state index is 12.6. The first-order valence-electron chi connectivity index (χ1n) is 5.84. The Morgan fingerprint density at radius 2 is 1.82 bits per heavy atom. The van der Waals surface area contributed by atoms with Crippen LogP contribution >= 0.6 is 0 Å². The Morgan fingerprint density at radius 1 is 1.12 bits per heavy atom. The Bertz CT molecular complexity index is 386. The van der Waals surface area contributed by atoms with Crippen LogP contribution in [0, 0.1) is 0 Å². The molecule has 1 nitrogen and oxygen atoms in total. The average Bonchev–Trinajstić information content (AvgIpc) is 2.29. The third-order valence-electron chi connectivity index (χ3n) is 3.37. The van der Waals surface area contributed by atoms with Gasteiger partial charge in [0.2, 0.25) is 0 Å². The van der Waals surface area contributed by atoms with Gasteiger partial charge in [0.05, 0.1) is 11.7 Å². The monoisotopic (exact) mass is 244 g/mol. The highest BCUT2D eigenvalue weighted by molar-refractivity contribution is 5.29. The first-order chi connectivity index (χ1) is 7.98. The molecule has 0 bridgehead atoms. The predicted molar refractivity (Wildman–Crippen MR) is 58.7 cm³/mol. The number of hydrogen-bond acceptors (Lipinski definition) is 1. The van der Waals surface area contributed by atoms with E-state index < -0.39 is 17.8 Å². The molecule has 1 aromatic rings. The van der Waals surface area contributed by atoms with Crippen LogP contribution < -0.4 is 0 Å². The zero-order valence-electron chi connectivity index (χ0n) is 9.37. The van der Waals surface area contributed by atoms with Crippen LogP contribution in [0.3, 0.4) is 0 Å². The molecule has 0 unspecified atom stereocenters. The van der Waals surface area contributed by atoms with Crippen LogP contribution in [0.5, 0.6) is 0 Å². The maximum Gasteiger partial charge on any atom is 0.416 e. The predicted octanol–water partition coefficient (Wildman–Crippen LogP) is 3.72. The molecule has 17 heavy (non-hydrogen) atoms. The molecule has 1 aliphatic rings. The van der Waals surface area contributed by atoms with Gasteiger partial charge in [-0.15, -0.1) is 0 Å². The lowest BCUT2D eigenvalue weighted by Crippen LogP contribution is -2.22. The molecule has 1 aliphatic carbocycles. The second kappa shape index (κ2) is 4.69. The number of aliphatic hydroxyl groups excluding tert-OH is 1. The summed E-state index contributed by atoms with van der Waals surface area (Å²) in [5.41, 5.74) is -0.0280. The van der Waals surface area contributed by atoms with Crippen molar-refractivity contribution >= 4 is 0 Å². The van der Waals surface area contributed by atoms with E-state index in [0.29, 0.717) is 12.0 Å². The average molecular weight is 244 g/mol. The normalized spacial score (nSPS) is 25.9. The molecule has 0 radical (unpaired) electrons. The van der Waals surface area contributed by atoms with Crippen molar-refractivity contribution in [2.45, 2.75) is 43.9 Å². The van der Waals surface area contributed by atoms with E-state index in [-0.39, 0.29) is 5.92 Å². The largest absolute Gasteiger partial charge is 0.416 e. The molecular formula is C13H15F3O. The third kappa shape index (κ3) is 2.80. The van der Waals surface area contributed by atoms with Crippen LogP contribution in [-0.4, -0.2) is 11.2 Å². The van der Waals surface area contributed by atoms with Gasteiger partial charge in [0.15, 0.2) is 0 Å². The van der Waals surface area contributed by atoms with Gasteiger partial charge in [-0.1, -0.05) is 31.0 Å². The summed E-state index contributed by atoms with van der Waals surface area (Å²) in [4.78, 5) is 0. The van der Waals surface area contributed by atoms with Gasteiger partial charge in [0.25, 0.3) is 0 Å². The smallest absolute Gasteiger partial charge is 0.392 e. The molecule has 0 saturated heterocycles. The number of halogens is 3. The van der Waals surface area contributed by atoms with Crippen LogP contribution in [0.2, 0.25) is 0 Å². The van der Waals surface area contributed by atoms with E-state index in [1.165, 1.54) is 12.1 Å². The van der Waals surface area contributed by atoms with E-state index in [4.69, 9.17) is 0 Å². The van der Waals surface area contributed by atoms with E-state index >= 15 is 0 Å². The summed E-state index contributed by atoms with van der Waals surface area (Å²) in [6, 6.07) is 5.33. The first kappa shape index (κ1) is 12.4. The standard InChI is InChI=1S/C13H15F3O/c14-13(15,16)10-5-3-4-9(8-10)11-6-1-2-7-12(11)17/h3-5,8,11-12,17H,1-2,6-7H2/t11-,12-/m1/s1. The van der Waals surface area contributed by atoms with Crippen molar-refractivity contribution in [3.05, 3.63) is 35.4 Å². The zero-order chi connectivity index (χ0) is 12.5. The van der Waals surface area contributed by atoms with Gasteiger partial charge in [-0.2, -0.15) is 13.2 Å². The van der Waals surface area contributed by atoms with Gasteiger partial charge in [0, 0.05) is 5.92 Å². The second-order valence-electron chi connectivity index (χ2n) is 4.58. The maximum absolute atomic E-state index is 12.6. The number of aliphatic hydroxyl groups is 1. The van der Waals surface area contributed by atoms with Gasteiger partial charge in [0.1, 0.15) is 0 Å². The lowest BCUT2D eigenvalue weighted by atomic mass is 9.81. The fourth-order valence-electron chi connectivity index (χ4n) is 2.45. The Labute approximate surface area is 98.3 Å². The quantitative estimate of drug-likeness (QED) is 0.798. The van der Waals surface area contributed by atoms with Crippen LogP contribution in [-0.2, 0) is 6.18 Å². The van der Waals surface area contributed by atoms with E-state index in [9.17, 15) is 18.3 Å². The highest BCUT2D eigenvalue weighted by atomic mass is 19.4. The zero-order valence-corrected chi connectivity index (χ0v) is 9.37. The van der Waals surface area contributed by atoms with Crippen LogP contribution in [0.4, 0.5) is 13.2 Å². The van der Waals surface area contributed by atoms with Gasteiger partial charge in [-0.3, -0.25) is 0 Å². The summed E-state index contributed by atoms with van der Waals surface area (Å²) in [6.45, 7) is 0. The Kier molecular flexibility index (Phi) is 3.43. The molecule has 0 aromatic heterocycles. The Morgan fingerprint density at radius 3 is 2.47 bits per heavy atom. The fourth-order valence-corrected chi connectivity index (χ4v) is 2.45. The highest BCUT2D eigenvalue weighted by Crippen LogP contribution is 2.36. The van der Waals surface area contributed by atoms with E-state index in [2.05, 4.69) is 0 Å². The molecular weight excluding hydrogens is 229 g/mol. The van der Waals surface area contributed by atoms with Crippen molar-refractivity contribution in [2.75, 3.05) is 0 Å². The molecule has 1 N–H and O–H groups in total. The molecule has 1 aromatic carbocycles. The third-order valence-corrected chi connectivity index (χ3v) is 3.37. The van der Waals surface area contributed by atoms with Crippen molar-refractivity contribution < 1.29 is 18.3 Å². The molecule has 0 spiro atoms. The molecule has 0 amide bonds. The summed E-state index contributed by atoms with van der Waals surface area (Å²) in [6.07, 6.45) is -1.44. The van der Waals surface area contributed by atoms with Crippen molar-refractivity contribution in [3.8, 4) is 0 Å². The summed E-state index contributed by atoms with van der Waals surface area (Å²) >= 11 is 0. The Hall–Kier alpha value is -1.03. The summed E-state index contributed by atoms with van der Waals surface area (Å²) < 4.78 is 37.7. The van der Waals surface area contributed by atoms with E-state index in [1.807, 2.05) is 0 Å². The number of rotatable bonds is 1. The fraction of sp³-hybridized carbons (Fsp3) is 0.538. The number of hydrogen-bond donors (Lipinski definition) is 1. The summed E-state index contributed by atoms with van der Waals surface area (Å²) in [7, 11) is 0. The van der Waals surface area contributed by atoms with Crippen molar-refractivity contribution in [1.82, 2.24) is 0 Å². The SMILES string of the molecule is O[C@@H]1CCCC[C@@H]1c1cccc(C(F)(F)F)c1. The second-order valence-corrected chi connectivity index (χ2v) is 4.58. The summed E-state index contributed by atoms with van der Waals surface area (Å²) in [5.74, 6) is -0.147. The van der Waals surface area contributed by atoms with Crippen LogP contribution in [0.15, 0.2) is 24.3 Å². The molecule has 2 rings (SSSR count). The van der Waals surface area contributed by atoms with Gasteiger partial charge in [-0.05, 0) is 24.5 Å². The molecule has 2 atom stereocenters. The van der Waals surface area contributed by atoms with Crippen LogP contribution in [0.1, 0.15) is 42.7 Å². The topological polar surface area (TPSA) is 20.2 Å². The van der Waals surface area contributed by atoms with E-state index in [1.54, 1.807) is 6.07 Å². The van der Waals surface area contributed by atoms with Gasteiger partial charge in [-0.25, -0.2) is 0 Å². The van der Waals surface area contributed by atoms with Gasteiger partial charge >= 0.3 is 6.18 Å². The summed E-state index contributed by atoms with van der Waals surface area (Å²) in [5, 5.41) is 9.83. The molecule has 1 fully saturated rings. The van der Waals surface area contributed by atoms with Gasteiger partial charge < -0.3 is 5.11 Å².